The molecule has 0 radical (unpaired) electrons. The number of unbranched alkanes of at least 4 members (excludes halogenated alkanes) is 1. The first-order chi connectivity index (χ1) is 12.9. The van der Waals surface area contributed by atoms with Gasteiger partial charge in [0.05, 0.1) is 18.8 Å². The molecule has 2 aromatic rings. The third kappa shape index (κ3) is 10.1. The number of ether oxygens (including phenoxy) is 2. The van der Waals surface area contributed by atoms with Gasteiger partial charge in [-0.1, -0.05) is 22.5 Å². The molecule has 0 atom stereocenters. The van der Waals surface area contributed by atoms with Crippen molar-refractivity contribution in [2.45, 2.75) is 12.8 Å². The summed E-state index contributed by atoms with van der Waals surface area (Å²) in [5.41, 5.74) is 6.43. The molecule has 0 fully saturated rings. The van der Waals surface area contributed by atoms with Crippen molar-refractivity contribution in [3.8, 4) is 5.75 Å². The highest BCUT2D eigenvalue weighted by atomic mass is 79.9. The minimum absolute atomic E-state index is 0.226. The maximum absolute atomic E-state index is 10.7. The van der Waals surface area contributed by atoms with Crippen LogP contribution in [0.4, 0.5) is 5.69 Å². The first-order valence-corrected chi connectivity index (χ1v) is 8.98. The minimum atomic E-state index is -0.962. The van der Waals surface area contributed by atoms with E-state index in [1.165, 1.54) is 12.1 Å². The van der Waals surface area contributed by atoms with Crippen LogP contribution in [-0.2, 0) is 9.53 Å². The van der Waals surface area contributed by atoms with Crippen LogP contribution in [0.5, 0.6) is 5.75 Å². The minimum Gasteiger partial charge on any atom is -0.494 e. The predicted molar refractivity (Wildman–Crippen MR) is 108 cm³/mol. The molecule has 0 saturated carbocycles. The van der Waals surface area contributed by atoms with Crippen molar-refractivity contribution in [2.75, 3.05) is 18.9 Å². The Balaban J connectivity index is 0.000000377. The van der Waals surface area contributed by atoms with Gasteiger partial charge in [0, 0.05) is 16.2 Å². The molecule has 7 heteroatoms. The summed E-state index contributed by atoms with van der Waals surface area (Å²) in [6, 6.07) is 13.7. The van der Waals surface area contributed by atoms with Crippen LogP contribution in [0.2, 0.25) is 0 Å². The number of rotatable bonds is 8. The third-order valence-corrected chi connectivity index (χ3v) is 3.72. The molecule has 0 bridgehead atoms. The lowest BCUT2D eigenvalue weighted by molar-refractivity contribution is -0.137. The Labute approximate surface area is 166 Å². The van der Waals surface area contributed by atoms with Gasteiger partial charge in [0.1, 0.15) is 5.75 Å². The van der Waals surface area contributed by atoms with Crippen LogP contribution >= 0.6 is 15.9 Å². The molecule has 3 N–H and O–H groups in total. The molecular formula is C20H22BrNO5. The van der Waals surface area contributed by atoms with E-state index >= 15 is 0 Å². The van der Waals surface area contributed by atoms with Crippen LogP contribution in [0.15, 0.2) is 65.7 Å². The lowest BCUT2D eigenvalue weighted by Crippen LogP contribution is -2.04. The van der Waals surface area contributed by atoms with Crippen molar-refractivity contribution < 1.29 is 24.2 Å². The van der Waals surface area contributed by atoms with Crippen LogP contribution in [-0.4, -0.2) is 30.3 Å². The molecule has 0 spiro atoms. The smallest absolute Gasteiger partial charge is 0.335 e. The highest BCUT2D eigenvalue weighted by Gasteiger charge is 2.02. The molecular weight excluding hydrogens is 414 g/mol. The van der Waals surface area contributed by atoms with E-state index in [1.807, 2.05) is 24.3 Å². The van der Waals surface area contributed by atoms with Crippen molar-refractivity contribution in [1.29, 1.82) is 0 Å². The third-order valence-electron chi connectivity index (χ3n) is 3.19. The SMILES string of the molecule is C=CC(=O)OCCCCOc1ccc(C(=O)O)cc1.Nc1ccc(Br)cc1. The molecule has 0 saturated heterocycles. The highest BCUT2D eigenvalue weighted by Crippen LogP contribution is 2.12. The Morgan fingerprint density at radius 1 is 1.04 bits per heavy atom. The molecule has 0 amide bonds. The molecule has 2 aromatic carbocycles. The largest absolute Gasteiger partial charge is 0.494 e. The number of halogens is 1. The molecule has 27 heavy (non-hydrogen) atoms. The molecule has 6 nitrogen and oxygen atoms in total. The van der Waals surface area contributed by atoms with Crippen LogP contribution in [0.1, 0.15) is 23.2 Å². The maximum atomic E-state index is 10.7. The average molecular weight is 436 g/mol. The number of benzene rings is 2. The van der Waals surface area contributed by atoms with E-state index in [4.69, 9.17) is 20.3 Å². The van der Waals surface area contributed by atoms with E-state index in [2.05, 4.69) is 22.5 Å². The van der Waals surface area contributed by atoms with Gasteiger partial charge in [0.2, 0.25) is 0 Å². The van der Waals surface area contributed by atoms with Gasteiger partial charge < -0.3 is 20.3 Å². The summed E-state index contributed by atoms with van der Waals surface area (Å²) in [4.78, 5) is 21.4. The van der Waals surface area contributed by atoms with Crippen molar-refractivity contribution in [3.05, 3.63) is 71.2 Å². The Morgan fingerprint density at radius 3 is 2.15 bits per heavy atom. The molecule has 2 rings (SSSR count). The van der Waals surface area contributed by atoms with Gasteiger partial charge >= 0.3 is 11.9 Å². The van der Waals surface area contributed by atoms with Crippen molar-refractivity contribution in [3.63, 3.8) is 0 Å². The Morgan fingerprint density at radius 2 is 1.63 bits per heavy atom. The molecule has 0 aliphatic heterocycles. The maximum Gasteiger partial charge on any atom is 0.335 e. The van der Waals surface area contributed by atoms with Gasteiger partial charge in [0.15, 0.2) is 0 Å². The second kappa shape index (κ2) is 12.5. The number of hydrogen-bond donors (Lipinski definition) is 2. The summed E-state index contributed by atoms with van der Waals surface area (Å²) >= 11 is 3.29. The van der Waals surface area contributed by atoms with Crippen molar-refractivity contribution in [1.82, 2.24) is 0 Å². The van der Waals surface area contributed by atoms with Crippen LogP contribution in [0.25, 0.3) is 0 Å². The fourth-order valence-corrected chi connectivity index (χ4v) is 2.05. The van der Waals surface area contributed by atoms with Crippen LogP contribution in [0.3, 0.4) is 0 Å². The summed E-state index contributed by atoms with van der Waals surface area (Å²) in [5.74, 6) is -0.770. The van der Waals surface area contributed by atoms with Gasteiger partial charge in [-0.25, -0.2) is 9.59 Å². The Hall–Kier alpha value is -2.80. The summed E-state index contributed by atoms with van der Waals surface area (Å²) in [6.07, 6.45) is 2.57. The van der Waals surface area contributed by atoms with Crippen molar-refractivity contribution >= 4 is 33.6 Å². The number of esters is 1. The molecule has 0 aromatic heterocycles. The van der Waals surface area contributed by atoms with Crippen LogP contribution in [0, 0.1) is 0 Å². The molecule has 0 heterocycles. The lowest BCUT2D eigenvalue weighted by Gasteiger charge is -2.06. The second-order valence-electron chi connectivity index (χ2n) is 5.31. The second-order valence-corrected chi connectivity index (χ2v) is 6.22. The average Bonchev–Trinajstić information content (AvgIpc) is 2.67. The zero-order valence-electron chi connectivity index (χ0n) is 14.8. The predicted octanol–water partition coefficient (Wildman–Crippen LogP) is 4.30. The summed E-state index contributed by atoms with van der Waals surface area (Å²) < 4.78 is 11.3. The highest BCUT2D eigenvalue weighted by molar-refractivity contribution is 9.10. The number of nitrogens with two attached hydrogens (primary N) is 1. The van der Waals surface area contributed by atoms with Crippen molar-refractivity contribution in [2.24, 2.45) is 0 Å². The zero-order valence-corrected chi connectivity index (χ0v) is 16.4. The Bertz CT molecular complexity index is 708. The molecule has 0 aliphatic rings. The van der Waals surface area contributed by atoms with E-state index in [0.29, 0.717) is 25.4 Å². The van der Waals surface area contributed by atoms with Gasteiger partial charge in [-0.3, -0.25) is 0 Å². The topological polar surface area (TPSA) is 98.8 Å². The van der Waals surface area contributed by atoms with Gasteiger partial charge in [0.25, 0.3) is 0 Å². The van der Waals surface area contributed by atoms with Crippen LogP contribution < -0.4 is 10.5 Å². The van der Waals surface area contributed by atoms with E-state index in [-0.39, 0.29) is 5.56 Å². The normalized spacial score (nSPS) is 9.52. The summed E-state index contributed by atoms with van der Waals surface area (Å²) in [7, 11) is 0. The fraction of sp³-hybridized carbons (Fsp3) is 0.200. The van der Waals surface area contributed by atoms with E-state index in [9.17, 15) is 9.59 Å². The summed E-state index contributed by atoms with van der Waals surface area (Å²) in [6.45, 7) is 4.12. The standard InChI is InChI=1S/C14H16O5.C6H6BrN/c1-2-13(15)19-10-4-3-9-18-12-7-5-11(6-8-12)14(16)17;7-5-1-3-6(8)4-2-5/h2,5-8H,1,3-4,9-10H2,(H,16,17);1-4H,8H2. The number of carbonyl (C=O) groups excluding carboxylic acids is 1. The monoisotopic (exact) mass is 435 g/mol. The van der Waals surface area contributed by atoms with E-state index < -0.39 is 11.9 Å². The number of carboxylic acids is 1. The quantitative estimate of drug-likeness (QED) is 0.277. The molecule has 0 unspecified atom stereocenters. The summed E-state index contributed by atoms with van der Waals surface area (Å²) in [5, 5.41) is 8.72. The number of aromatic carboxylic acids is 1. The van der Waals surface area contributed by atoms with Gasteiger partial charge in [-0.05, 0) is 61.4 Å². The number of carbonyl (C=O) groups is 2. The first-order valence-electron chi connectivity index (χ1n) is 8.18. The number of anilines is 1. The number of nitrogen functional groups attached to an aromatic ring is 1. The van der Waals surface area contributed by atoms with Gasteiger partial charge in [-0.2, -0.15) is 0 Å². The Kier molecular flexibility index (Phi) is 10.3. The van der Waals surface area contributed by atoms with Gasteiger partial charge in [-0.15, -0.1) is 0 Å². The first kappa shape index (κ1) is 22.2. The lowest BCUT2D eigenvalue weighted by atomic mass is 10.2. The molecule has 0 aliphatic carbocycles. The van der Waals surface area contributed by atoms with E-state index in [0.717, 1.165) is 22.7 Å². The molecule has 144 valence electrons. The zero-order chi connectivity index (χ0) is 20.1. The fourth-order valence-electron chi connectivity index (χ4n) is 1.78. The number of hydrogen-bond acceptors (Lipinski definition) is 5. The number of carboxylic acid groups (broad SMARTS) is 1. The van der Waals surface area contributed by atoms with E-state index in [1.54, 1.807) is 12.1 Å².